The van der Waals surface area contributed by atoms with Crippen LogP contribution in [-0.2, 0) is 36.0 Å². The summed E-state index contributed by atoms with van der Waals surface area (Å²) in [5.74, 6) is -0.444. The van der Waals surface area contributed by atoms with Crippen molar-refractivity contribution in [2.45, 2.75) is 57.3 Å². The van der Waals surface area contributed by atoms with Crippen molar-refractivity contribution in [3.8, 4) is 5.75 Å². The molecule has 264 valence electrons. The standard InChI is InChI=1S/C34H29BrClF3N8O4/c1-19-28(51-17-20-5-3-2-4-6-20)27(41-18-40-19)30(50)45-13-11-33(12-14-45)10-9-24-26(33)29(49)47-32(43-31(35)44-47)46(24)16-25(48)42-23-8-7-21(15-22(23)36)34(37,38)39/h2-8,15,18H,9-14,16-17H2,1H3,(H,42,48). The number of benzene rings is 2. The monoisotopic (exact) mass is 784 g/mol. The predicted molar refractivity (Wildman–Crippen MR) is 183 cm³/mol. The second kappa shape index (κ2) is 13.4. The Morgan fingerprint density at radius 3 is 2.53 bits per heavy atom. The summed E-state index contributed by atoms with van der Waals surface area (Å²) in [6.45, 7) is 2.36. The van der Waals surface area contributed by atoms with Crippen molar-refractivity contribution in [1.82, 2.24) is 34.0 Å². The van der Waals surface area contributed by atoms with E-state index in [4.69, 9.17) is 16.3 Å². The van der Waals surface area contributed by atoms with Crippen LogP contribution in [0.4, 0.5) is 18.9 Å². The molecule has 0 radical (unpaired) electrons. The average molecular weight is 786 g/mol. The van der Waals surface area contributed by atoms with E-state index >= 15 is 0 Å². The molecule has 1 aliphatic carbocycles. The van der Waals surface area contributed by atoms with Crippen molar-refractivity contribution < 1.29 is 27.5 Å². The minimum absolute atomic E-state index is 0.00652. The van der Waals surface area contributed by atoms with Crippen LogP contribution in [0.3, 0.4) is 0 Å². The number of carbonyl (C=O) groups is 2. The molecule has 1 saturated heterocycles. The largest absolute Gasteiger partial charge is 0.485 e. The maximum atomic E-state index is 14.0. The first-order valence-corrected chi connectivity index (χ1v) is 17.1. The third-order valence-corrected chi connectivity index (χ3v) is 10.1. The molecule has 0 atom stereocenters. The van der Waals surface area contributed by atoms with Crippen LogP contribution in [0, 0.1) is 6.92 Å². The molecular formula is C34H29BrClF3N8O4. The first-order chi connectivity index (χ1) is 24.3. The minimum Gasteiger partial charge on any atom is -0.485 e. The van der Waals surface area contributed by atoms with Gasteiger partial charge < -0.3 is 19.5 Å². The highest BCUT2D eigenvalue weighted by atomic mass is 79.9. The molecule has 4 heterocycles. The maximum absolute atomic E-state index is 14.0. The molecule has 7 rings (SSSR count). The lowest BCUT2D eigenvalue weighted by Gasteiger charge is -2.39. The van der Waals surface area contributed by atoms with Gasteiger partial charge in [-0.05, 0) is 72.3 Å². The van der Waals surface area contributed by atoms with Gasteiger partial charge in [-0.3, -0.25) is 14.4 Å². The number of aromatic nitrogens is 6. The van der Waals surface area contributed by atoms with E-state index in [1.807, 2.05) is 30.3 Å². The van der Waals surface area contributed by atoms with Gasteiger partial charge in [-0.15, -0.1) is 5.10 Å². The van der Waals surface area contributed by atoms with E-state index in [1.165, 1.54) is 6.33 Å². The van der Waals surface area contributed by atoms with Crippen LogP contribution in [0.2, 0.25) is 5.02 Å². The molecule has 0 saturated carbocycles. The van der Waals surface area contributed by atoms with Crippen LogP contribution in [0.25, 0.3) is 5.78 Å². The molecule has 12 nitrogen and oxygen atoms in total. The van der Waals surface area contributed by atoms with Crippen LogP contribution in [0.5, 0.6) is 5.75 Å². The average Bonchev–Trinajstić information content (AvgIpc) is 3.68. The lowest BCUT2D eigenvalue weighted by Crippen LogP contribution is -2.47. The number of alkyl halides is 3. The first-order valence-electron chi connectivity index (χ1n) is 16.0. The minimum atomic E-state index is -4.59. The van der Waals surface area contributed by atoms with Crippen LogP contribution < -0.4 is 15.6 Å². The number of aryl methyl sites for hydroxylation is 1. The van der Waals surface area contributed by atoms with E-state index < -0.39 is 23.1 Å². The Bertz CT molecular complexity index is 2240. The quantitative estimate of drug-likeness (QED) is 0.220. The highest BCUT2D eigenvalue weighted by molar-refractivity contribution is 9.10. The Morgan fingerprint density at radius 2 is 1.82 bits per heavy atom. The van der Waals surface area contributed by atoms with Gasteiger partial charge in [0.15, 0.2) is 11.4 Å². The summed E-state index contributed by atoms with van der Waals surface area (Å²) in [5.41, 5.74) is 0.854. The van der Waals surface area contributed by atoms with E-state index in [1.54, 1.807) is 16.4 Å². The Balaban J connectivity index is 1.13. The van der Waals surface area contributed by atoms with Crippen LogP contribution >= 0.6 is 27.5 Å². The molecule has 0 bridgehead atoms. The smallest absolute Gasteiger partial charge is 0.416 e. The number of hydrogen-bond acceptors (Lipinski definition) is 8. The Kier molecular flexibility index (Phi) is 9.08. The summed E-state index contributed by atoms with van der Waals surface area (Å²) >= 11 is 9.32. The summed E-state index contributed by atoms with van der Waals surface area (Å²) in [6, 6.07) is 12.2. The number of nitrogens with one attached hydrogen (secondary N) is 1. The topological polar surface area (TPSA) is 137 Å². The molecule has 1 N–H and O–H groups in total. The summed E-state index contributed by atoms with van der Waals surface area (Å²) in [7, 11) is 0. The van der Waals surface area contributed by atoms with Gasteiger partial charge in [0.2, 0.25) is 16.4 Å². The Labute approximate surface area is 301 Å². The number of amides is 2. The number of piperidine rings is 1. The molecule has 2 aromatic carbocycles. The predicted octanol–water partition coefficient (Wildman–Crippen LogP) is 5.76. The zero-order valence-electron chi connectivity index (χ0n) is 27.0. The van der Waals surface area contributed by atoms with Gasteiger partial charge in [-0.1, -0.05) is 41.9 Å². The van der Waals surface area contributed by atoms with Crippen LogP contribution in [0.1, 0.15) is 57.8 Å². The number of nitrogens with zero attached hydrogens (tertiary/aromatic N) is 7. The fourth-order valence-corrected chi connectivity index (χ4v) is 7.49. The molecule has 0 unspecified atom stereocenters. The normalized spacial score (nSPS) is 15.3. The number of rotatable bonds is 7. The molecule has 5 aromatic rings. The van der Waals surface area contributed by atoms with E-state index in [9.17, 15) is 27.6 Å². The van der Waals surface area contributed by atoms with Gasteiger partial charge in [-0.25, -0.2) is 9.97 Å². The molecule has 1 fully saturated rings. The van der Waals surface area contributed by atoms with E-state index in [-0.39, 0.29) is 51.5 Å². The lowest BCUT2D eigenvalue weighted by molar-refractivity contribution is -0.137. The molecule has 3 aromatic heterocycles. The fraction of sp³-hybridized carbons (Fsp3) is 0.324. The lowest BCUT2D eigenvalue weighted by atomic mass is 9.74. The maximum Gasteiger partial charge on any atom is 0.416 e. The first kappa shape index (κ1) is 34.6. The third kappa shape index (κ3) is 6.57. The van der Waals surface area contributed by atoms with Crippen LogP contribution in [-0.4, -0.2) is 58.9 Å². The zero-order chi connectivity index (χ0) is 36.1. The van der Waals surface area contributed by atoms with Gasteiger partial charge in [0.1, 0.15) is 19.5 Å². The highest BCUT2D eigenvalue weighted by Crippen LogP contribution is 2.45. The van der Waals surface area contributed by atoms with Gasteiger partial charge in [-0.2, -0.15) is 22.7 Å². The van der Waals surface area contributed by atoms with E-state index in [0.29, 0.717) is 61.5 Å². The van der Waals surface area contributed by atoms with E-state index in [0.717, 1.165) is 28.3 Å². The van der Waals surface area contributed by atoms with Gasteiger partial charge >= 0.3 is 6.18 Å². The molecule has 51 heavy (non-hydrogen) atoms. The number of fused-ring (bicyclic) bond motifs is 3. The van der Waals surface area contributed by atoms with Crippen molar-refractivity contribution in [3.05, 3.63) is 109 Å². The molecule has 1 spiro atoms. The number of halogens is 5. The van der Waals surface area contributed by atoms with Crippen molar-refractivity contribution in [2.24, 2.45) is 0 Å². The van der Waals surface area contributed by atoms with Gasteiger partial charge in [0, 0.05) is 29.8 Å². The molecular weight excluding hydrogens is 757 g/mol. The summed E-state index contributed by atoms with van der Waals surface area (Å²) in [5, 5.41) is 6.55. The second-order valence-corrected chi connectivity index (χ2v) is 13.6. The summed E-state index contributed by atoms with van der Waals surface area (Å²) in [6.07, 6.45) is -1.26. The number of anilines is 1. The number of hydrogen-bond donors (Lipinski definition) is 1. The summed E-state index contributed by atoms with van der Waals surface area (Å²) < 4.78 is 48.4. The van der Waals surface area contributed by atoms with Crippen molar-refractivity contribution in [2.75, 3.05) is 18.4 Å². The van der Waals surface area contributed by atoms with Crippen molar-refractivity contribution in [3.63, 3.8) is 0 Å². The highest BCUT2D eigenvalue weighted by Gasteiger charge is 2.46. The van der Waals surface area contributed by atoms with Gasteiger partial charge in [0.05, 0.1) is 22.0 Å². The number of likely N-dealkylation sites (tertiary alicyclic amines) is 1. The Morgan fingerprint density at radius 1 is 1.08 bits per heavy atom. The summed E-state index contributed by atoms with van der Waals surface area (Å²) in [4.78, 5) is 55.7. The molecule has 17 heteroatoms. The Hall–Kier alpha value is -4.83. The van der Waals surface area contributed by atoms with Gasteiger partial charge in [0.25, 0.3) is 11.5 Å². The number of carbonyl (C=O) groups excluding carboxylic acids is 2. The molecule has 2 amide bonds. The number of ether oxygens (including phenoxy) is 1. The van der Waals surface area contributed by atoms with Crippen molar-refractivity contribution >= 4 is 50.8 Å². The van der Waals surface area contributed by atoms with Crippen molar-refractivity contribution in [1.29, 1.82) is 0 Å². The van der Waals surface area contributed by atoms with E-state index in [2.05, 4.69) is 41.3 Å². The SMILES string of the molecule is Cc1ncnc(C(=O)N2CCC3(CCc4c3c(=O)n3nc(Br)nc3n4CC(=O)Nc3ccc(C(F)(F)F)cc3Cl)CC2)c1OCc1ccccc1. The second-order valence-electron chi connectivity index (χ2n) is 12.5. The molecule has 2 aliphatic rings. The molecule has 1 aliphatic heterocycles. The van der Waals surface area contributed by atoms with Crippen LogP contribution in [0.15, 0.2) is 64.4 Å². The third-order valence-electron chi connectivity index (χ3n) is 9.49. The fourth-order valence-electron chi connectivity index (χ4n) is 6.95. The zero-order valence-corrected chi connectivity index (χ0v) is 29.3.